The second-order valence-corrected chi connectivity index (χ2v) is 10.4. The molecule has 38 heavy (non-hydrogen) atoms. The lowest BCUT2D eigenvalue weighted by molar-refractivity contribution is -0.124. The van der Waals surface area contributed by atoms with Gasteiger partial charge in [-0.15, -0.1) is 0 Å². The third kappa shape index (κ3) is 3.53. The molecule has 3 aromatic carbocycles. The second-order valence-electron chi connectivity index (χ2n) is 10.4. The van der Waals surface area contributed by atoms with E-state index in [0.717, 1.165) is 6.42 Å². The highest BCUT2D eigenvalue weighted by molar-refractivity contribution is 6.22. The van der Waals surface area contributed by atoms with Gasteiger partial charge in [-0.3, -0.25) is 19.3 Å². The van der Waals surface area contributed by atoms with Gasteiger partial charge in [-0.05, 0) is 90.8 Å². The van der Waals surface area contributed by atoms with Crippen molar-refractivity contribution in [2.24, 2.45) is 35.5 Å². The number of imide groups is 1. The standard InChI is InChI=1S/C31H26N2O5/c1-37-25-4-2-3-5-26(25)38-20-12-8-18(9-13-20)32-29(34)17-6-10-19(11-7-17)33-30(35)27-21-14-15-22(24-16-23(21)24)28(27)31(33)36/h2-15,21-24,27-28H,16H2,1H3,(H,32,34)/t21-,22+,23-,24-,27+,28-/m1/s1. The summed E-state index contributed by atoms with van der Waals surface area (Å²) in [4.78, 5) is 40.8. The number of anilines is 2. The normalized spacial score (nSPS) is 28.1. The minimum Gasteiger partial charge on any atom is -0.493 e. The fraction of sp³-hybridized carbons (Fsp3) is 0.258. The number of hydrogen-bond acceptors (Lipinski definition) is 5. The zero-order valence-corrected chi connectivity index (χ0v) is 20.7. The summed E-state index contributed by atoms with van der Waals surface area (Å²) in [5, 5.41) is 2.87. The Morgan fingerprint density at radius 3 is 2.03 bits per heavy atom. The molecule has 8 rings (SSSR count). The van der Waals surface area contributed by atoms with Gasteiger partial charge in [0.25, 0.3) is 5.91 Å². The number of ether oxygens (including phenoxy) is 2. The molecule has 1 heterocycles. The molecular formula is C31H26N2O5. The van der Waals surface area contributed by atoms with E-state index in [4.69, 9.17) is 9.47 Å². The monoisotopic (exact) mass is 506 g/mol. The molecule has 1 aliphatic heterocycles. The smallest absolute Gasteiger partial charge is 0.255 e. The Bertz CT molecular complexity index is 1440. The summed E-state index contributed by atoms with van der Waals surface area (Å²) >= 11 is 0. The minimum atomic E-state index is -0.287. The lowest BCUT2D eigenvalue weighted by Gasteiger charge is -2.37. The Balaban J connectivity index is 1.02. The van der Waals surface area contributed by atoms with Crippen molar-refractivity contribution in [1.82, 2.24) is 0 Å². The van der Waals surface area contributed by atoms with Crippen LogP contribution in [0.5, 0.6) is 17.2 Å². The molecule has 0 unspecified atom stereocenters. The fourth-order valence-corrected chi connectivity index (χ4v) is 6.61. The third-order valence-electron chi connectivity index (χ3n) is 8.46. The van der Waals surface area contributed by atoms with Crippen molar-refractivity contribution in [3.63, 3.8) is 0 Å². The number of methoxy groups -OCH3 is 1. The average Bonchev–Trinajstić information content (AvgIpc) is 3.73. The predicted molar refractivity (Wildman–Crippen MR) is 141 cm³/mol. The summed E-state index contributed by atoms with van der Waals surface area (Å²) in [5.41, 5.74) is 1.57. The van der Waals surface area contributed by atoms with Gasteiger partial charge in [0.05, 0.1) is 24.6 Å². The Morgan fingerprint density at radius 2 is 1.42 bits per heavy atom. The molecule has 7 heteroatoms. The Morgan fingerprint density at radius 1 is 0.816 bits per heavy atom. The molecule has 1 N–H and O–H groups in total. The van der Waals surface area contributed by atoms with Crippen LogP contribution in [-0.2, 0) is 9.59 Å². The number of hydrogen-bond donors (Lipinski definition) is 1. The number of nitrogens with zero attached hydrogens (tertiary/aromatic N) is 1. The quantitative estimate of drug-likeness (QED) is 0.362. The largest absolute Gasteiger partial charge is 0.493 e. The lowest BCUT2D eigenvalue weighted by Crippen LogP contribution is -2.40. The zero-order valence-electron chi connectivity index (χ0n) is 20.7. The van der Waals surface area contributed by atoms with E-state index in [1.807, 2.05) is 24.3 Å². The van der Waals surface area contributed by atoms with Gasteiger partial charge in [0.15, 0.2) is 11.5 Å². The maximum atomic E-state index is 13.3. The van der Waals surface area contributed by atoms with Gasteiger partial charge in [-0.2, -0.15) is 0 Å². The number of amides is 3. The van der Waals surface area contributed by atoms with Gasteiger partial charge >= 0.3 is 0 Å². The highest BCUT2D eigenvalue weighted by Gasteiger charge is 2.67. The van der Waals surface area contributed by atoms with Crippen LogP contribution in [0.15, 0.2) is 84.9 Å². The first-order valence-corrected chi connectivity index (χ1v) is 12.9. The topological polar surface area (TPSA) is 84.9 Å². The summed E-state index contributed by atoms with van der Waals surface area (Å²) < 4.78 is 11.2. The molecule has 2 bridgehead atoms. The SMILES string of the molecule is COc1ccccc1Oc1ccc(NC(=O)c2ccc(N3C(=O)[C@@H]4[C@H]5C=C[C@H]([C@H]6C[C@H]56)[C@@H]4C3=O)cc2)cc1. The highest BCUT2D eigenvalue weighted by atomic mass is 16.5. The van der Waals surface area contributed by atoms with E-state index in [-0.39, 0.29) is 41.4 Å². The first kappa shape index (κ1) is 22.8. The van der Waals surface area contributed by atoms with Crippen molar-refractivity contribution in [3.05, 3.63) is 90.5 Å². The summed E-state index contributed by atoms with van der Waals surface area (Å²) in [6, 6.07) is 21.1. The predicted octanol–water partition coefficient (Wildman–Crippen LogP) is 5.30. The maximum Gasteiger partial charge on any atom is 0.255 e. The summed E-state index contributed by atoms with van der Waals surface area (Å²) in [6.45, 7) is 0. The van der Waals surface area contributed by atoms with E-state index in [1.165, 1.54) is 4.90 Å². The van der Waals surface area contributed by atoms with Crippen molar-refractivity contribution >= 4 is 29.1 Å². The molecular weight excluding hydrogens is 480 g/mol. The van der Waals surface area contributed by atoms with Crippen molar-refractivity contribution in [1.29, 1.82) is 0 Å². The Labute approximate surface area is 220 Å². The van der Waals surface area contributed by atoms with Crippen LogP contribution < -0.4 is 19.7 Å². The van der Waals surface area contributed by atoms with E-state index in [9.17, 15) is 14.4 Å². The van der Waals surface area contributed by atoms with Crippen LogP contribution in [-0.4, -0.2) is 24.8 Å². The van der Waals surface area contributed by atoms with Gasteiger partial charge in [0.2, 0.25) is 11.8 Å². The van der Waals surface area contributed by atoms with Crippen molar-refractivity contribution < 1.29 is 23.9 Å². The van der Waals surface area contributed by atoms with Crippen LogP contribution in [0.2, 0.25) is 0 Å². The summed E-state index contributed by atoms with van der Waals surface area (Å²) in [5.74, 6) is 2.39. The molecule has 0 radical (unpaired) electrons. The van der Waals surface area contributed by atoms with Gasteiger partial charge in [0, 0.05) is 11.3 Å². The van der Waals surface area contributed by atoms with E-state index < -0.39 is 0 Å². The lowest BCUT2D eigenvalue weighted by atomic mass is 9.63. The van der Waals surface area contributed by atoms with Crippen molar-refractivity contribution in [2.45, 2.75) is 6.42 Å². The summed E-state index contributed by atoms with van der Waals surface area (Å²) in [7, 11) is 1.59. The average molecular weight is 507 g/mol. The van der Waals surface area contributed by atoms with Gasteiger partial charge < -0.3 is 14.8 Å². The Kier molecular flexibility index (Phi) is 5.15. The number of carbonyl (C=O) groups is 3. The molecule has 5 aliphatic rings. The van der Waals surface area contributed by atoms with Crippen molar-refractivity contribution in [3.8, 4) is 17.2 Å². The molecule has 3 aromatic rings. The number of carbonyl (C=O) groups excluding carboxylic acids is 3. The molecule has 2 saturated carbocycles. The number of rotatable bonds is 6. The minimum absolute atomic E-state index is 0.0997. The van der Waals surface area contributed by atoms with E-state index in [2.05, 4.69) is 17.5 Å². The fourth-order valence-electron chi connectivity index (χ4n) is 6.61. The number of para-hydroxylation sites is 2. The van der Waals surface area contributed by atoms with Crippen LogP contribution in [0.3, 0.4) is 0 Å². The van der Waals surface area contributed by atoms with Crippen LogP contribution in [0.4, 0.5) is 11.4 Å². The molecule has 190 valence electrons. The highest BCUT2D eigenvalue weighted by Crippen LogP contribution is 2.65. The van der Waals surface area contributed by atoms with E-state index in [0.29, 0.717) is 46.0 Å². The van der Waals surface area contributed by atoms with Crippen LogP contribution >= 0.6 is 0 Å². The first-order chi connectivity index (χ1) is 18.5. The van der Waals surface area contributed by atoms with Gasteiger partial charge in [-0.1, -0.05) is 24.3 Å². The molecule has 6 atom stereocenters. The second kappa shape index (κ2) is 8.58. The summed E-state index contributed by atoms with van der Waals surface area (Å²) in [6.07, 6.45) is 5.47. The van der Waals surface area contributed by atoms with Crippen molar-refractivity contribution in [2.75, 3.05) is 17.3 Å². The van der Waals surface area contributed by atoms with Gasteiger partial charge in [-0.25, -0.2) is 0 Å². The van der Waals surface area contributed by atoms with E-state index >= 15 is 0 Å². The maximum absolute atomic E-state index is 13.3. The zero-order chi connectivity index (χ0) is 26.0. The van der Waals surface area contributed by atoms with Crippen LogP contribution in [0, 0.1) is 35.5 Å². The Hall–Kier alpha value is -4.39. The van der Waals surface area contributed by atoms with Crippen LogP contribution in [0.1, 0.15) is 16.8 Å². The third-order valence-corrected chi connectivity index (χ3v) is 8.46. The molecule has 1 saturated heterocycles. The van der Waals surface area contributed by atoms with Crippen LogP contribution in [0.25, 0.3) is 0 Å². The molecule has 3 amide bonds. The molecule has 0 spiro atoms. The molecule has 4 aliphatic carbocycles. The number of allylic oxidation sites excluding steroid dienone is 2. The number of nitrogens with one attached hydrogen (secondary N) is 1. The molecule has 7 nitrogen and oxygen atoms in total. The molecule has 0 aromatic heterocycles. The van der Waals surface area contributed by atoms with Gasteiger partial charge in [0.1, 0.15) is 5.75 Å². The number of benzene rings is 3. The van der Waals surface area contributed by atoms with E-state index in [1.54, 1.807) is 55.6 Å². The first-order valence-electron chi connectivity index (χ1n) is 12.9. The molecule has 3 fully saturated rings.